The molecule has 1 saturated heterocycles. The maximum Gasteiger partial charge on any atom is 0.239 e. The Balaban J connectivity index is 1.94. The van der Waals surface area contributed by atoms with Gasteiger partial charge in [0.2, 0.25) is 5.91 Å². The van der Waals surface area contributed by atoms with Crippen molar-refractivity contribution in [1.82, 2.24) is 15.2 Å². The van der Waals surface area contributed by atoms with E-state index in [1.807, 2.05) is 19.5 Å². The predicted molar refractivity (Wildman–Crippen MR) is 64.3 cm³/mol. The zero-order chi connectivity index (χ0) is 11.5. The number of aromatic nitrogens is 1. The fraction of sp³-hybridized carbons (Fsp3) is 0.636. The van der Waals surface area contributed by atoms with Gasteiger partial charge in [-0.3, -0.25) is 4.79 Å². The maximum atomic E-state index is 12.0. The van der Waals surface area contributed by atoms with E-state index in [-0.39, 0.29) is 11.9 Å². The van der Waals surface area contributed by atoms with E-state index in [4.69, 9.17) is 0 Å². The van der Waals surface area contributed by atoms with Gasteiger partial charge in [0.1, 0.15) is 0 Å². The summed E-state index contributed by atoms with van der Waals surface area (Å²) in [5, 5.41) is 3.23. The highest BCUT2D eigenvalue weighted by molar-refractivity contribution is 7.09. The maximum absolute atomic E-state index is 12.0. The van der Waals surface area contributed by atoms with Gasteiger partial charge in [0.15, 0.2) is 0 Å². The molecule has 1 N–H and O–H groups in total. The predicted octanol–water partition coefficient (Wildman–Crippen LogP) is 1.16. The number of amides is 1. The summed E-state index contributed by atoms with van der Waals surface area (Å²) in [5.41, 5.74) is 2.86. The number of nitrogens with zero attached hydrogens (tertiary/aromatic N) is 2. The van der Waals surface area contributed by atoms with Crippen LogP contribution in [0.1, 0.15) is 23.4 Å². The highest BCUT2D eigenvalue weighted by Crippen LogP contribution is 2.16. The minimum atomic E-state index is 0.0261. The van der Waals surface area contributed by atoms with Gasteiger partial charge in [0.25, 0.3) is 0 Å². The third-order valence-electron chi connectivity index (χ3n) is 2.96. The number of hydrogen-bond acceptors (Lipinski definition) is 4. The summed E-state index contributed by atoms with van der Waals surface area (Å²) in [6, 6.07) is 0.0261. The van der Waals surface area contributed by atoms with Gasteiger partial charge in [-0.2, -0.15) is 0 Å². The van der Waals surface area contributed by atoms with Crippen molar-refractivity contribution < 1.29 is 4.79 Å². The molecule has 2 heterocycles. The number of hydrogen-bond donors (Lipinski definition) is 1. The number of aryl methyl sites for hydroxylation is 1. The van der Waals surface area contributed by atoms with Crippen molar-refractivity contribution in [3.05, 3.63) is 16.1 Å². The van der Waals surface area contributed by atoms with Crippen LogP contribution in [0.3, 0.4) is 0 Å². The van der Waals surface area contributed by atoms with Crippen LogP contribution >= 0.6 is 11.3 Å². The Morgan fingerprint density at radius 3 is 3.12 bits per heavy atom. The molecule has 1 aliphatic rings. The van der Waals surface area contributed by atoms with E-state index in [0.29, 0.717) is 6.54 Å². The van der Waals surface area contributed by atoms with Gasteiger partial charge < -0.3 is 10.2 Å². The highest BCUT2D eigenvalue weighted by atomic mass is 32.1. The van der Waals surface area contributed by atoms with E-state index >= 15 is 0 Å². The summed E-state index contributed by atoms with van der Waals surface area (Å²) in [7, 11) is 1.86. The van der Waals surface area contributed by atoms with Crippen molar-refractivity contribution in [2.24, 2.45) is 0 Å². The second kappa shape index (κ2) is 4.93. The van der Waals surface area contributed by atoms with Crippen molar-refractivity contribution in [1.29, 1.82) is 0 Å². The number of likely N-dealkylation sites (N-methyl/N-ethyl adjacent to an activating group) is 1. The SMILES string of the molecule is Cc1ncsc1CN(C)C(=O)[C@@H]1CCCN1. The first-order chi connectivity index (χ1) is 7.68. The largest absolute Gasteiger partial charge is 0.339 e. The van der Waals surface area contributed by atoms with Gasteiger partial charge in [-0.25, -0.2) is 4.98 Å². The molecule has 88 valence electrons. The molecule has 0 aliphatic carbocycles. The Kier molecular flexibility index (Phi) is 3.56. The zero-order valence-corrected chi connectivity index (χ0v) is 10.5. The van der Waals surface area contributed by atoms with Gasteiger partial charge >= 0.3 is 0 Å². The lowest BCUT2D eigenvalue weighted by atomic mass is 10.2. The molecule has 1 aliphatic heterocycles. The molecule has 0 saturated carbocycles. The average Bonchev–Trinajstić information content (AvgIpc) is 2.89. The second-order valence-electron chi connectivity index (χ2n) is 4.20. The van der Waals surface area contributed by atoms with Crippen LogP contribution in [0, 0.1) is 6.92 Å². The van der Waals surface area contributed by atoms with Crippen molar-refractivity contribution >= 4 is 17.2 Å². The van der Waals surface area contributed by atoms with Crippen molar-refractivity contribution in [3.63, 3.8) is 0 Å². The van der Waals surface area contributed by atoms with Crippen LogP contribution in [0.4, 0.5) is 0 Å². The van der Waals surface area contributed by atoms with Gasteiger partial charge in [-0.05, 0) is 26.3 Å². The molecule has 1 aromatic rings. The van der Waals surface area contributed by atoms with Crippen LogP contribution < -0.4 is 5.32 Å². The van der Waals surface area contributed by atoms with E-state index in [9.17, 15) is 4.79 Å². The molecule has 0 aromatic carbocycles. The summed E-state index contributed by atoms with van der Waals surface area (Å²) >= 11 is 1.61. The monoisotopic (exact) mass is 239 g/mol. The molecular weight excluding hydrogens is 222 g/mol. The van der Waals surface area contributed by atoms with Crippen molar-refractivity contribution in [3.8, 4) is 0 Å². The normalized spacial score (nSPS) is 20.0. The fourth-order valence-electron chi connectivity index (χ4n) is 1.93. The lowest BCUT2D eigenvalue weighted by Gasteiger charge is -2.20. The molecule has 5 heteroatoms. The minimum Gasteiger partial charge on any atom is -0.339 e. The van der Waals surface area contributed by atoms with E-state index in [2.05, 4.69) is 10.3 Å². The number of nitrogens with one attached hydrogen (secondary N) is 1. The minimum absolute atomic E-state index is 0.0261. The first-order valence-corrected chi connectivity index (χ1v) is 6.44. The summed E-state index contributed by atoms with van der Waals surface area (Å²) in [5.74, 6) is 0.199. The smallest absolute Gasteiger partial charge is 0.239 e. The molecule has 0 spiro atoms. The quantitative estimate of drug-likeness (QED) is 0.861. The summed E-state index contributed by atoms with van der Waals surface area (Å²) in [6.07, 6.45) is 2.06. The van der Waals surface area contributed by atoms with Crippen LogP contribution in [-0.4, -0.2) is 35.4 Å². The molecule has 0 unspecified atom stereocenters. The van der Waals surface area contributed by atoms with Crippen LogP contribution in [0.5, 0.6) is 0 Å². The zero-order valence-electron chi connectivity index (χ0n) is 9.69. The number of rotatable bonds is 3. The molecule has 0 radical (unpaired) electrons. The highest BCUT2D eigenvalue weighted by Gasteiger charge is 2.25. The van der Waals surface area contributed by atoms with Crippen LogP contribution in [-0.2, 0) is 11.3 Å². The molecule has 16 heavy (non-hydrogen) atoms. The lowest BCUT2D eigenvalue weighted by molar-refractivity contribution is -0.132. The standard InChI is InChI=1S/C11H17N3OS/c1-8-10(16-7-13-8)6-14(2)11(15)9-4-3-5-12-9/h7,9,12H,3-6H2,1-2H3/t9-/m0/s1. The number of carbonyl (C=O) groups excluding carboxylic acids is 1. The van der Waals surface area contributed by atoms with Gasteiger partial charge in [-0.15, -0.1) is 11.3 Å². The third kappa shape index (κ3) is 2.41. The Morgan fingerprint density at radius 1 is 1.75 bits per heavy atom. The van der Waals surface area contributed by atoms with Crippen molar-refractivity contribution in [2.75, 3.05) is 13.6 Å². The van der Waals surface area contributed by atoms with E-state index < -0.39 is 0 Å². The molecule has 1 amide bonds. The first kappa shape index (κ1) is 11.5. The lowest BCUT2D eigenvalue weighted by Crippen LogP contribution is -2.41. The first-order valence-electron chi connectivity index (χ1n) is 5.56. The second-order valence-corrected chi connectivity index (χ2v) is 5.14. The summed E-state index contributed by atoms with van der Waals surface area (Å²) in [6.45, 7) is 3.62. The Bertz CT molecular complexity index is 371. The van der Waals surface area contributed by atoms with Crippen LogP contribution in [0.15, 0.2) is 5.51 Å². The van der Waals surface area contributed by atoms with E-state index in [1.165, 1.54) is 4.88 Å². The fourth-order valence-corrected chi connectivity index (χ4v) is 2.76. The number of carbonyl (C=O) groups is 1. The topological polar surface area (TPSA) is 45.2 Å². The molecule has 2 rings (SSSR count). The van der Waals surface area contributed by atoms with Gasteiger partial charge in [0.05, 0.1) is 23.8 Å². The van der Waals surface area contributed by atoms with Crippen molar-refractivity contribution in [2.45, 2.75) is 32.4 Å². The van der Waals surface area contributed by atoms with Gasteiger partial charge in [0, 0.05) is 11.9 Å². The van der Waals surface area contributed by atoms with Crippen LogP contribution in [0.25, 0.3) is 0 Å². The Morgan fingerprint density at radius 2 is 2.56 bits per heavy atom. The molecule has 0 bridgehead atoms. The average molecular weight is 239 g/mol. The molecule has 1 fully saturated rings. The molecular formula is C11H17N3OS. The molecule has 1 aromatic heterocycles. The number of thiazole rings is 1. The van der Waals surface area contributed by atoms with E-state index in [0.717, 1.165) is 25.1 Å². The summed E-state index contributed by atoms with van der Waals surface area (Å²) in [4.78, 5) is 19.2. The molecule has 4 nitrogen and oxygen atoms in total. The van der Waals surface area contributed by atoms with Gasteiger partial charge in [-0.1, -0.05) is 0 Å². The molecule has 1 atom stereocenters. The van der Waals surface area contributed by atoms with Crippen LogP contribution in [0.2, 0.25) is 0 Å². The third-order valence-corrected chi connectivity index (χ3v) is 3.88. The Hall–Kier alpha value is -0.940. The van der Waals surface area contributed by atoms with E-state index in [1.54, 1.807) is 16.2 Å². The Labute approximate surface area is 99.7 Å². The summed E-state index contributed by atoms with van der Waals surface area (Å²) < 4.78 is 0.